The molecule has 0 unspecified atom stereocenters. The molecule has 3 aromatic carbocycles. The van der Waals surface area contributed by atoms with Gasteiger partial charge in [0.1, 0.15) is 5.82 Å². The Morgan fingerprint density at radius 3 is 1.95 bits per heavy atom. The van der Waals surface area contributed by atoms with Crippen LogP contribution >= 0.6 is 0 Å². The molecule has 0 atom stereocenters. The Balaban J connectivity index is 1.53. The summed E-state index contributed by atoms with van der Waals surface area (Å²) in [6.07, 6.45) is -3.61. The summed E-state index contributed by atoms with van der Waals surface area (Å²) in [5.74, 6) is -0.818. The summed E-state index contributed by atoms with van der Waals surface area (Å²) in [6.45, 7) is 4.44. The number of nitrogens with zero attached hydrogens (tertiary/aromatic N) is 1. The molecule has 1 aliphatic heterocycles. The quantitative estimate of drug-likeness (QED) is 0.283. The largest absolute Gasteiger partial charge is 0.416 e. The lowest BCUT2D eigenvalue weighted by molar-refractivity contribution is -0.137. The van der Waals surface area contributed by atoms with E-state index >= 15 is 0 Å². The van der Waals surface area contributed by atoms with Gasteiger partial charge in [0.2, 0.25) is 19.9 Å². The van der Waals surface area contributed by atoms with Gasteiger partial charge >= 0.3 is 6.18 Å². The zero-order valence-electron chi connectivity index (χ0n) is 21.2. The number of sulfone groups is 1. The number of alkyl halides is 3. The van der Waals surface area contributed by atoms with Crippen LogP contribution < -0.4 is 9.62 Å². The van der Waals surface area contributed by atoms with E-state index in [1.807, 2.05) is 4.90 Å². The van der Waals surface area contributed by atoms with E-state index in [0.717, 1.165) is 42.5 Å². The van der Waals surface area contributed by atoms with Crippen molar-refractivity contribution in [3.8, 4) is 0 Å². The van der Waals surface area contributed by atoms with Crippen LogP contribution in [-0.4, -0.2) is 36.0 Å². The minimum Gasteiger partial charge on any atom is -0.371 e. The van der Waals surface area contributed by atoms with Crippen LogP contribution in [0, 0.1) is 5.82 Å². The summed E-state index contributed by atoms with van der Waals surface area (Å²) >= 11 is 0. The van der Waals surface area contributed by atoms with Crippen molar-refractivity contribution in [1.29, 1.82) is 0 Å². The first-order valence-corrected chi connectivity index (χ1v) is 15.2. The second kappa shape index (κ2) is 10.9. The van der Waals surface area contributed by atoms with Gasteiger partial charge in [0.25, 0.3) is 0 Å². The van der Waals surface area contributed by atoms with E-state index in [2.05, 4.69) is 4.72 Å². The molecule has 1 heterocycles. The summed E-state index contributed by atoms with van der Waals surface area (Å²) in [5, 5.41) is 0. The zero-order valence-corrected chi connectivity index (χ0v) is 22.9. The Labute approximate surface area is 225 Å². The fourth-order valence-corrected chi connectivity index (χ4v) is 7.60. The van der Waals surface area contributed by atoms with Crippen LogP contribution in [0.3, 0.4) is 0 Å². The predicted octanol–water partition coefficient (Wildman–Crippen LogP) is 5.75. The van der Waals surface area contributed by atoms with Crippen LogP contribution in [0.15, 0.2) is 81.4 Å². The highest BCUT2D eigenvalue weighted by atomic mass is 32.2. The number of anilines is 1. The third-order valence-electron chi connectivity index (χ3n) is 6.71. The lowest BCUT2D eigenvalue weighted by Gasteiger charge is -2.34. The molecule has 3 aromatic rings. The molecule has 1 fully saturated rings. The van der Waals surface area contributed by atoms with Gasteiger partial charge in [-0.05, 0) is 85.0 Å². The van der Waals surface area contributed by atoms with E-state index in [-0.39, 0.29) is 20.6 Å². The van der Waals surface area contributed by atoms with E-state index in [0.29, 0.717) is 37.2 Å². The number of nitrogens with one attached hydrogen (secondary N) is 1. The number of benzene rings is 3. The number of halogens is 4. The van der Waals surface area contributed by atoms with Crippen LogP contribution in [0.25, 0.3) is 0 Å². The molecule has 0 spiro atoms. The first-order chi connectivity index (χ1) is 18.2. The predicted molar refractivity (Wildman–Crippen MR) is 139 cm³/mol. The highest BCUT2D eigenvalue weighted by Gasteiger charge is 2.31. The zero-order chi connectivity index (χ0) is 28.6. The molecule has 0 aromatic heterocycles. The van der Waals surface area contributed by atoms with Crippen molar-refractivity contribution in [2.45, 2.75) is 59.5 Å². The molecular formula is C27H28F4N2O4S2. The maximum Gasteiger partial charge on any atom is 0.416 e. The van der Waals surface area contributed by atoms with Crippen molar-refractivity contribution in [1.82, 2.24) is 4.72 Å². The SMILES string of the molecule is CC(C)c1ccc(S(=O)(=O)c2ccc(F)cc2)cc1S(=O)(=O)NC1CCN(c2ccc(C(F)(F)F)cc2)CC1. The average Bonchev–Trinajstić information content (AvgIpc) is 2.88. The van der Waals surface area contributed by atoms with Crippen molar-refractivity contribution >= 4 is 25.5 Å². The molecule has 1 aliphatic rings. The first-order valence-electron chi connectivity index (χ1n) is 12.3. The van der Waals surface area contributed by atoms with Crippen molar-refractivity contribution in [3.63, 3.8) is 0 Å². The second-order valence-electron chi connectivity index (χ2n) is 9.74. The molecule has 0 bridgehead atoms. The third-order valence-corrected chi connectivity index (χ3v) is 10.1. The number of rotatable bonds is 7. The van der Waals surface area contributed by atoms with Gasteiger partial charge < -0.3 is 4.90 Å². The molecule has 1 N–H and O–H groups in total. The summed E-state index contributed by atoms with van der Waals surface area (Å²) in [7, 11) is -8.23. The minimum atomic E-state index is -4.42. The van der Waals surface area contributed by atoms with Gasteiger partial charge in [-0.25, -0.2) is 25.9 Å². The first kappa shape index (κ1) is 29.0. The summed E-state index contributed by atoms with van der Waals surface area (Å²) in [5.41, 5.74) is 0.325. The molecule has 0 saturated carbocycles. The number of piperidine rings is 1. The Morgan fingerprint density at radius 1 is 0.846 bits per heavy atom. The third kappa shape index (κ3) is 6.44. The highest BCUT2D eigenvalue weighted by molar-refractivity contribution is 7.91. The normalized spacial score (nSPS) is 15.6. The van der Waals surface area contributed by atoms with Crippen LogP contribution in [0.2, 0.25) is 0 Å². The fraction of sp³-hybridized carbons (Fsp3) is 0.333. The topological polar surface area (TPSA) is 83.5 Å². The van der Waals surface area contributed by atoms with Crippen LogP contribution in [0.1, 0.15) is 43.7 Å². The highest BCUT2D eigenvalue weighted by Crippen LogP contribution is 2.32. The second-order valence-corrected chi connectivity index (χ2v) is 13.4. The summed E-state index contributed by atoms with van der Waals surface area (Å²) in [6, 6.07) is 12.6. The molecule has 12 heteroatoms. The van der Waals surface area contributed by atoms with Crippen LogP contribution in [-0.2, 0) is 26.0 Å². The molecule has 39 heavy (non-hydrogen) atoms. The maximum absolute atomic E-state index is 13.5. The Morgan fingerprint density at radius 2 is 1.41 bits per heavy atom. The molecular weight excluding hydrogens is 556 g/mol. The Hall–Kier alpha value is -2.96. The number of hydrogen-bond acceptors (Lipinski definition) is 5. The standard InChI is InChI=1S/C27H28F4N2O4S2/c1-18(2)25-12-11-24(38(34,35)23-9-5-20(28)6-10-23)17-26(25)39(36,37)32-21-13-15-33(16-14-21)22-7-3-19(4-8-22)27(29,30)31/h3-12,17-18,21,32H,13-16H2,1-2H3. The van der Waals surface area contributed by atoms with Crippen molar-refractivity contribution < 1.29 is 34.4 Å². The molecule has 210 valence electrons. The van der Waals surface area contributed by atoms with E-state index in [9.17, 15) is 34.4 Å². The molecule has 4 rings (SSSR count). The van der Waals surface area contributed by atoms with Crippen molar-refractivity contribution in [3.05, 3.63) is 83.7 Å². The van der Waals surface area contributed by atoms with Gasteiger partial charge in [0.05, 0.1) is 20.2 Å². The molecule has 0 amide bonds. The van der Waals surface area contributed by atoms with Gasteiger partial charge in [-0.1, -0.05) is 19.9 Å². The van der Waals surface area contributed by atoms with Gasteiger partial charge in [-0.15, -0.1) is 0 Å². The fourth-order valence-electron chi connectivity index (χ4n) is 4.54. The molecule has 1 saturated heterocycles. The molecule has 0 aliphatic carbocycles. The van der Waals surface area contributed by atoms with E-state index < -0.39 is 43.5 Å². The van der Waals surface area contributed by atoms with Gasteiger partial charge in [-0.2, -0.15) is 13.2 Å². The van der Waals surface area contributed by atoms with Crippen LogP contribution in [0.4, 0.5) is 23.2 Å². The van der Waals surface area contributed by atoms with Gasteiger partial charge in [0.15, 0.2) is 0 Å². The van der Waals surface area contributed by atoms with E-state index in [1.54, 1.807) is 13.8 Å². The molecule has 6 nitrogen and oxygen atoms in total. The van der Waals surface area contributed by atoms with E-state index in [1.165, 1.54) is 24.3 Å². The summed E-state index contributed by atoms with van der Waals surface area (Å²) < 4.78 is 108. The van der Waals surface area contributed by atoms with Crippen molar-refractivity contribution in [2.24, 2.45) is 0 Å². The average molecular weight is 585 g/mol. The lowest BCUT2D eigenvalue weighted by Crippen LogP contribution is -2.44. The number of hydrogen-bond donors (Lipinski definition) is 1. The van der Waals surface area contributed by atoms with Crippen LogP contribution in [0.5, 0.6) is 0 Å². The molecule has 0 radical (unpaired) electrons. The smallest absolute Gasteiger partial charge is 0.371 e. The number of sulfonamides is 1. The Kier molecular flexibility index (Phi) is 8.11. The van der Waals surface area contributed by atoms with E-state index in [4.69, 9.17) is 0 Å². The van der Waals surface area contributed by atoms with Gasteiger partial charge in [-0.3, -0.25) is 0 Å². The summed E-state index contributed by atoms with van der Waals surface area (Å²) in [4.78, 5) is 1.36. The Bertz CT molecular complexity index is 1530. The monoisotopic (exact) mass is 584 g/mol. The maximum atomic E-state index is 13.5. The van der Waals surface area contributed by atoms with Gasteiger partial charge in [0, 0.05) is 24.8 Å². The van der Waals surface area contributed by atoms with Crippen molar-refractivity contribution in [2.75, 3.05) is 18.0 Å². The minimum absolute atomic E-state index is 0.147. The lowest BCUT2D eigenvalue weighted by atomic mass is 10.0.